The summed E-state index contributed by atoms with van der Waals surface area (Å²) in [5.41, 5.74) is 2.00. The molecule has 0 spiro atoms. The zero-order chi connectivity index (χ0) is 25.4. The van der Waals surface area contributed by atoms with Crippen LogP contribution in [0.3, 0.4) is 0 Å². The van der Waals surface area contributed by atoms with Gasteiger partial charge in [-0.05, 0) is 60.9 Å². The zero-order valence-corrected chi connectivity index (χ0v) is 22.1. The Morgan fingerprint density at radius 1 is 1.20 bits per heavy atom. The Hall–Kier alpha value is -2.19. The van der Waals surface area contributed by atoms with Gasteiger partial charge < -0.3 is 14.7 Å². The number of hydrogen-bond donors (Lipinski definition) is 1. The molecule has 1 aliphatic rings. The van der Waals surface area contributed by atoms with E-state index in [4.69, 9.17) is 9.84 Å². The summed E-state index contributed by atoms with van der Waals surface area (Å²) in [7, 11) is 0. The quantitative estimate of drug-likeness (QED) is 0.182. The van der Waals surface area contributed by atoms with Crippen molar-refractivity contribution in [2.24, 2.45) is 5.41 Å². The first kappa shape index (κ1) is 27.4. The minimum atomic E-state index is -1.67. The van der Waals surface area contributed by atoms with E-state index in [1.54, 1.807) is 11.8 Å². The van der Waals surface area contributed by atoms with Crippen LogP contribution in [0.2, 0.25) is 0 Å². The second kappa shape index (κ2) is 12.7. The van der Waals surface area contributed by atoms with Crippen molar-refractivity contribution in [2.45, 2.75) is 62.2 Å². The molecular formula is C27H33F2NO3S2. The Labute approximate surface area is 215 Å². The minimum Gasteiger partial charge on any atom is -0.476 e. The number of benzene rings is 2. The number of ether oxygens (including phenoxy) is 1. The fraction of sp³-hybridized carbons (Fsp3) is 0.444. The van der Waals surface area contributed by atoms with Crippen molar-refractivity contribution < 1.29 is 23.4 Å². The summed E-state index contributed by atoms with van der Waals surface area (Å²) in [5, 5.41) is 8.83. The third kappa shape index (κ3) is 6.94. The Kier molecular flexibility index (Phi) is 9.92. The molecule has 0 radical (unpaired) electrons. The number of aliphatic carboxylic acids is 1. The molecule has 0 amide bonds. The zero-order valence-electron chi connectivity index (χ0n) is 20.5. The predicted octanol–water partition coefficient (Wildman–Crippen LogP) is 8.43. The van der Waals surface area contributed by atoms with Crippen molar-refractivity contribution in [3.05, 3.63) is 54.3 Å². The lowest BCUT2D eigenvalue weighted by molar-refractivity contribution is -0.134. The van der Waals surface area contributed by atoms with Crippen molar-refractivity contribution in [2.75, 3.05) is 23.5 Å². The van der Waals surface area contributed by atoms with Crippen molar-refractivity contribution in [3.63, 3.8) is 0 Å². The molecule has 0 atom stereocenters. The van der Waals surface area contributed by atoms with Crippen LogP contribution in [0.15, 0.2) is 58.3 Å². The first-order valence-electron chi connectivity index (χ1n) is 12.0. The molecule has 4 nitrogen and oxygen atoms in total. The van der Waals surface area contributed by atoms with Crippen LogP contribution in [0.1, 0.15) is 52.4 Å². The van der Waals surface area contributed by atoms with Gasteiger partial charge in [0.1, 0.15) is 17.8 Å². The van der Waals surface area contributed by atoms with E-state index in [0.29, 0.717) is 12.0 Å². The molecule has 0 bridgehead atoms. The standard InChI is InChI=1S/C27H33F2NO3S2/c1-4-6-12-27(13-7-5-2)17-30(20-10-8-19(28)9-11-20)22-14-25(34-3)23(15-24(22)35-18-27)33-16-21(29)26(31)32/h8-11,14-16H,4-7,12-13,17-18H2,1-3H3,(H,31,32)/b21-16-. The number of carboxylic acids is 1. The highest BCUT2D eigenvalue weighted by Gasteiger charge is 2.36. The smallest absolute Gasteiger partial charge is 0.368 e. The summed E-state index contributed by atoms with van der Waals surface area (Å²) >= 11 is 3.20. The Morgan fingerprint density at radius 3 is 2.43 bits per heavy atom. The molecule has 1 aliphatic heterocycles. The average Bonchev–Trinajstić information content (AvgIpc) is 3.01. The van der Waals surface area contributed by atoms with Crippen LogP contribution in [0.4, 0.5) is 20.2 Å². The maximum Gasteiger partial charge on any atom is 0.368 e. The number of carboxylic acid groups (broad SMARTS) is 1. The first-order valence-corrected chi connectivity index (χ1v) is 14.2. The molecule has 1 heterocycles. The van der Waals surface area contributed by atoms with Gasteiger partial charge in [-0.2, -0.15) is 4.39 Å². The summed E-state index contributed by atoms with van der Waals surface area (Å²) in [6, 6.07) is 10.5. The van der Waals surface area contributed by atoms with E-state index >= 15 is 0 Å². The number of hydrogen-bond acceptors (Lipinski definition) is 5. The van der Waals surface area contributed by atoms with E-state index in [9.17, 15) is 13.6 Å². The number of anilines is 2. The first-order chi connectivity index (χ1) is 16.8. The van der Waals surface area contributed by atoms with E-state index in [1.807, 2.05) is 30.5 Å². The van der Waals surface area contributed by atoms with E-state index < -0.39 is 11.8 Å². The van der Waals surface area contributed by atoms with Crippen molar-refractivity contribution in [3.8, 4) is 5.75 Å². The average molecular weight is 522 g/mol. The molecule has 1 N–H and O–H groups in total. The lowest BCUT2D eigenvalue weighted by Gasteiger charge is -2.37. The molecule has 0 fully saturated rings. The summed E-state index contributed by atoms with van der Waals surface area (Å²) in [4.78, 5) is 14.9. The van der Waals surface area contributed by atoms with Gasteiger partial charge in [-0.25, -0.2) is 9.18 Å². The predicted molar refractivity (Wildman–Crippen MR) is 141 cm³/mol. The van der Waals surface area contributed by atoms with E-state index in [0.717, 1.165) is 72.0 Å². The van der Waals surface area contributed by atoms with Gasteiger partial charge in [-0.15, -0.1) is 23.5 Å². The number of rotatable bonds is 11. The molecule has 2 aromatic rings. The number of thioether (sulfide) groups is 2. The Balaban J connectivity index is 2.10. The molecule has 8 heteroatoms. The van der Waals surface area contributed by atoms with Crippen LogP contribution in [0.5, 0.6) is 5.75 Å². The molecule has 0 aromatic heterocycles. The molecule has 2 aromatic carbocycles. The normalized spacial score (nSPS) is 15.5. The van der Waals surface area contributed by atoms with E-state index in [2.05, 4.69) is 18.7 Å². The van der Waals surface area contributed by atoms with E-state index in [-0.39, 0.29) is 11.2 Å². The maximum atomic E-state index is 13.8. The van der Waals surface area contributed by atoms with Crippen LogP contribution in [0.25, 0.3) is 0 Å². The summed E-state index contributed by atoms with van der Waals surface area (Å²) in [6.45, 7) is 5.24. The van der Waals surface area contributed by atoms with Gasteiger partial charge in [0.15, 0.2) is 0 Å². The topological polar surface area (TPSA) is 49.8 Å². The van der Waals surface area contributed by atoms with Gasteiger partial charge in [-0.1, -0.05) is 39.5 Å². The molecule has 3 rings (SSSR count). The highest BCUT2D eigenvalue weighted by Crippen LogP contribution is 2.50. The number of halogens is 2. The molecule has 190 valence electrons. The van der Waals surface area contributed by atoms with Gasteiger partial charge in [0, 0.05) is 22.9 Å². The van der Waals surface area contributed by atoms with Gasteiger partial charge in [-0.3, -0.25) is 0 Å². The van der Waals surface area contributed by atoms with E-state index in [1.165, 1.54) is 23.9 Å². The molecule has 0 aliphatic carbocycles. The van der Waals surface area contributed by atoms with Crippen LogP contribution < -0.4 is 9.64 Å². The van der Waals surface area contributed by atoms with Gasteiger partial charge in [0.2, 0.25) is 5.83 Å². The molecule has 0 saturated heterocycles. The molecular weight excluding hydrogens is 488 g/mol. The SMILES string of the molecule is CCCCC1(CCCC)CSc2cc(O/C=C(\F)C(=O)O)c(SC)cc2N(c2ccc(F)cc2)C1. The Morgan fingerprint density at radius 2 is 1.86 bits per heavy atom. The van der Waals surface area contributed by atoms with Crippen molar-refractivity contribution in [1.82, 2.24) is 0 Å². The third-order valence-electron chi connectivity index (χ3n) is 6.32. The molecule has 0 saturated carbocycles. The summed E-state index contributed by atoms with van der Waals surface area (Å²) < 4.78 is 32.8. The molecule has 0 unspecified atom stereocenters. The highest BCUT2D eigenvalue weighted by atomic mass is 32.2. The lowest BCUT2D eigenvalue weighted by Crippen LogP contribution is -2.36. The van der Waals surface area contributed by atoms with Crippen LogP contribution >= 0.6 is 23.5 Å². The maximum absolute atomic E-state index is 13.8. The summed E-state index contributed by atoms with van der Waals surface area (Å²) in [6.07, 6.45) is 9.26. The van der Waals surface area contributed by atoms with Crippen LogP contribution in [-0.4, -0.2) is 29.6 Å². The lowest BCUT2D eigenvalue weighted by atomic mass is 9.79. The second-order valence-electron chi connectivity index (χ2n) is 8.92. The number of fused-ring (bicyclic) bond motifs is 1. The highest BCUT2D eigenvalue weighted by molar-refractivity contribution is 7.99. The fourth-order valence-corrected chi connectivity index (χ4v) is 6.24. The largest absolute Gasteiger partial charge is 0.476 e. The third-order valence-corrected chi connectivity index (χ3v) is 8.47. The van der Waals surface area contributed by atoms with Gasteiger partial charge in [0.25, 0.3) is 0 Å². The number of carbonyl (C=O) groups is 1. The fourth-order valence-electron chi connectivity index (χ4n) is 4.35. The number of unbranched alkanes of at least 4 members (excludes halogenated alkanes) is 2. The molecule has 35 heavy (non-hydrogen) atoms. The van der Waals surface area contributed by atoms with Gasteiger partial charge >= 0.3 is 5.97 Å². The van der Waals surface area contributed by atoms with Crippen molar-refractivity contribution >= 4 is 40.9 Å². The number of nitrogens with zero attached hydrogens (tertiary/aromatic N) is 1. The Bertz CT molecular complexity index is 1040. The van der Waals surface area contributed by atoms with Gasteiger partial charge in [0.05, 0.1) is 10.6 Å². The monoisotopic (exact) mass is 521 g/mol. The minimum absolute atomic E-state index is 0.0833. The van der Waals surface area contributed by atoms with Crippen molar-refractivity contribution in [1.29, 1.82) is 0 Å². The second-order valence-corrected chi connectivity index (χ2v) is 10.8. The van der Waals surface area contributed by atoms with Crippen LogP contribution in [-0.2, 0) is 4.79 Å². The summed E-state index contributed by atoms with van der Waals surface area (Å²) in [5.74, 6) is -1.96. The van der Waals surface area contributed by atoms with Crippen LogP contribution in [0, 0.1) is 11.2 Å².